The van der Waals surface area contributed by atoms with Crippen molar-refractivity contribution in [2.45, 2.75) is 38.3 Å². The molecule has 1 heterocycles. The first kappa shape index (κ1) is 17.7. The van der Waals surface area contributed by atoms with Gasteiger partial charge in [0.1, 0.15) is 0 Å². The standard InChI is InChI=1S/C17H22N2O5S/c1-11-3-2-4-14(16(11)18)17(21)24-9-15(20)19(12-5-6-12)13-7-8-25(22,23)10-13/h2-4,12-13H,5-10,18H2,1H3/t13-/m1/s1. The average Bonchev–Trinajstić information content (AvgIpc) is 3.31. The minimum absolute atomic E-state index is 0.00594. The van der Waals surface area contributed by atoms with Crippen LogP contribution in [0.15, 0.2) is 18.2 Å². The van der Waals surface area contributed by atoms with Crippen LogP contribution < -0.4 is 5.73 Å². The summed E-state index contributed by atoms with van der Waals surface area (Å²) in [5.74, 6) is -0.893. The van der Waals surface area contributed by atoms with Gasteiger partial charge in [-0.1, -0.05) is 12.1 Å². The molecule has 0 radical (unpaired) electrons. The predicted octanol–water partition coefficient (Wildman–Crippen LogP) is 0.912. The summed E-state index contributed by atoms with van der Waals surface area (Å²) in [6, 6.07) is 4.79. The number of anilines is 1. The van der Waals surface area contributed by atoms with Gasteiger partial charge in [-0.25, -0.2) is 13.2 Å². The Hall–Kier alpha value is -2.09. The van der Waals surface area contributed by atoms with Gasteiger partial charge in [0, 0.05) is 17.8 Å². The van der Waals surface area contributed by atoms with Crippen LogP contribution in [-0.4, -0.2) is 55.4 Å². The molecule has 1 amide bonds. The number of sulfone groups is 1. The maximum atomic E-state index is 12.5. The smallest absolute Gasteiger partial charge is 0.340 e. The zero-order chi connectivity index (χ0) is 18.2. The molecule has 2 fully saturated rings. The number of para-hydroxylation sites is 1. The van der Waals surface area contributed by atoms with Gasteiger partial charge in [-0.05, 0) is 37.8 Å². The lowest BCUT2D eigenvalue weighted by atomic mass is 10.1. The number of nitrogens with zero attached hydrogens (tertiary/aromatic N) is 1. The second-order valence-electron chi connectivity index (χ2n) is 6.70. The molecule has 1 aromatic carbocycles. The highest BCUT2D eigenvalue weighted by Gasteiger charge is 2.42. The maximum Gasteiger partial charge on any atom is 0.340 e. The van der Waals surface area contributed by atoms with Gasteiger partial charge in [0.05, 0.1) is 17.1 Å². The van der Waals surface area contributed by atoms with Crippen molar-refractivity contribution >= 4 is 27.4 Å². The third kappa shape index (κ3) is 3.95. The lowest BCUT2D eigenvalue weighted by Crippen LogP contribution is -2.44. The lowest BCUT2D eigenvalue weighted by Gasteiger charge is -2.28. The lowest BCUT2D eigenvalue weighted by molar-refractivity contribution is -0.137. The number of carbonyl (C=O) groups is 2. The van der Waals surface area contributed by atoms with Crippen LogP contribution in [0.25, 0.3) is 0 Å². The van der Waals surface area contributed by atoms with Crippen molar-refractivity contribution in [2.24, 2.45) is 0 Å². The largest absolute Gasteiger partial charge is 0.452 e. The fourth-order valence-corrected chi connectivity index (χ4v) is 4.90. The van der Waals surface area contributed by atoms with Crippen molar-refractivity contribution in [3.05, 3.63) is 29.3 Å². The summed E-state index contributed by atoms with van der Waals surface area (Å²) in [7, 11) is -3.08. The number of rotatable bonds is 5. The number of aryl methyl sites for hydroxylation is 1. The molecule has 0 unspecified atom stereocenters. The molecule has 1 aliphatic carbocycles. The van der Waals surface area contributed by atoms with Gasteiger partial charge in [0.2, 0.25) is 0 Å². The normalized spacial score (nSPS) is 21.7. The molecule has 1 aliphatic heterocycles. The Bertz CT molecular complexity index is 801. The number of nitrogens with two attached hydrogens (primary N) is 1. The van der Waals surface area contributed by atoms with Crippen molar-refractivity contribution in [2.75, 3.05) is 23.8 Å². The van der Waals surface area contributed by atoms with E-state index in [0.29, 0.717) is 12.1 Å². The van der Waals surface area contributed by atoms with Crippen LogP contribution in [0.4, 0.5) is 5.69 Å². The van der Waals surface area contributed by atoms with Crippen LogP contribution in [0, 0.1) is 6.92 Å². The first-order valence-electron chi connectivity index (χ1n) is 8.32. The third-order valence-corrected chi connectivity index (χ3v) is 6.45. The molecule has 3 rings (SSSR count). The first-order valence-corrected chi connectivity index (χ1v) is 10.1. The van der Waals surface area contributed by atoms with Gasteiger partial charge in [0.15, 0.2) is 16.4 Å². The molecule has 1 saturated carbocycles. The second-order valence-corrected chi connectivity index (χ2v) is 8.93. The van der Waals surface area contributed by atoms with Crippen LogP contribution >= 0.6 is 0 Å². The van der Waals surface area contributed by atoms with Crippen LogP contribution in [0.3, 0.4) is 0 Å². The zero-order valence-corrected chi connectivity index (χ0v) is 14.9. The minimum atomic E-state index is -3.08. The number of ether oxygens (including phenoxy) is 1. The van der Waals surface area contributed by atoms with Crippen molar-refractivity contribution in [1.82, 2.24) is 4.90 Å². The summed E-state index contributed by atoms with van der Waals surface area (Å²) in [5.41, 5.74) is 7.20. The number of nitrogen functional groups attached to an aromatic ring is 1. The Labute approximate surface area is 147 Å². The Morgan fingerprint density at radius 2 is 1.96 bits per heavy atom. The number of carbonyl (C=O) groups excluding carboxylic acids is 2. The van der Waals surface area contributed by atoms with E-state index in [0.717, 1.165) is 18.4 Å². The fraction of sp³-hybridized carbons (Fsp3) is 0.529. The van der Waals surface area contributed by atoms with E-state index in [1.165, 1.54) is 0 Å². The van der Waals surface area contributed by atoms with E-state index in [9.17, 15) is 18.0 Å². The first-order chi connectivity index (χ1) is 11.8. The van der Waals surface area contributed by atoms with Gasteiger partial charge >= 0.3 is 5.97 Å². The van der Waals surface area contributed by atoms with Gasteiger partial charge in [-0.15, -0.1) is 0 Å². The van der Waals surface area contributed by atoms with Crippen LogP contribution in [0.2, 0.25) is 0 Å². The van der Waals surface area contributed by atoms with Crippen molar-refractivity contribution in [3.63, 3.8) is 0 Å². The average molecular weight is 366 g/mol. The molecule has 25 heavy (non-hydrogen) atoms. The van der Waals surface area contributed by atoms with E-state index in [-0.39, 0.29) is 35.1 Å². The Kier molecular flexibility index (Phi) is 4.73. The van der Waals surface area contributed by atoms with E-state index in [1.54, 1.807) is 30.0 Å². The molecule has 136 valence electrons. The van der Waals surface area contributed by atoms with Crippen LogP contribution in [0.5, 0.6) is 0 Å². The van der Waals surface area contributed by atoms with Gasteiger partial charge < -0.3 is 15.4 Å². The molecule has 0 spiro atoms. The highest BCUT2D eigenvalue weighted by Crippen LogP contribution is 2.32. The molecule has 1 saturated heterocycles. The summed E-state index contributed by atoms with van der Waals surface area (Å²) in [6.07, 6.45) is 2.17. The highest BCUT2D eigenvalue weighted by molar-refractivity contribution is 7.91. The van der Waals surface area contributed by atoms with E-state index >= 15 is 0 Å². The number of hydrogen-bond donors (Lipinski definition) is 1. The number of benzene rings is 1. The second kappa shape index (κ2) is 6.67. The van der Waals surface area contributed by atoms with Gasteiger partial charge in [0.25, 0.3) is 5.91 Å². The van der Waals surface area contributed by atoms with E-state index in [1.807, 2.05) is 0 Å². The Balaban J connectivity index is 1.64. The van der Waals surface area contributed by atoms with Crippen molar-refractivity contribution < 1.29 is 22.7 Å². The summed E-state index contributed by atoms with van der Waals surface area (Å²) in [4.78, 5) is 26.3. The summed E-state index contributed by atoms with van der Waals surface area (Å²) < 4.78 is 28.5. The van der Waals surface area contributed by atoms with Crippen LogP contribution in [-0.2, 0) is 19.4 Å². The minimum Gasteiger partial charge on any atom is -0.452 e. The number of hydrogen-bond acceptors (Lipinski definition) is 6. The Morgan fingerprint density at radius 3 is 2.56 bits per heavy atom. The van der Waals surface area contributed by atoms with Gasteiger partial charge in [-0.3, -0.25) is 4.79 Å². The van der Waals surface area contributed by atoms with E-state index in [2.05, 4.69) is 0 Å². The molecule has 0 bridgehead atoms. The molecule has 0 aromatic heterocycles. The molecule has 8 heteroatoms. The molecule has 2 aliphatic rings. The number of esters is 1. The topological polar surface area (TPSA) is 107 Å². The third-order valence-electron chi connectivity index (χ3n) is 4.70. The van der Waals surface area contributed by atoms with Crippen molar-refractivity contribution in [1.29, 1.82) is 0 Å². The summed E-state index contributed by atoms with van der Waals surface area (Å²) in [6.45, 7) is 1.38. The van der Waals surface area contributed by atoms with Crippen molar-refractivity contribution in [3.8, 4) is 0 Å². The van der Waals surface area contributed by atoms with Gasteiger partial charge in [-0.2, -0.15) is 0 Å². The fourth-order valence-electron chi connectivity index (χ4n) is 3.19. The van der Waals surface area contributed by atoms with E-state index < -0.39 is 22.4 Å². The number of amides is 1. The molecule has 1 atom stereocenters. The summed E-state index contributed by atoms with van der Waals surface area (Å²) in [5, 5.41) is 0. The van der Waals surface area contributed by atoms with Crippen LogP contribution in [0.1, 0.15) is 35.2 Å². The van der Waals surface area contributed by atoms with E-state index in [4.69, 9.17) is 10.5 Å². The summed E-state index contributed by atoms with van der Waals surface area (Å²) >= 11 is 0. The molecular formula is C17H22N2O5S. The predicted molar refractivity (Wildman–Crippen MR) is 92.8 cm³/mol. The zero-order valence-electron chi connectivity index (χ0n) is 14.1. The monoisotopic (exact) mass is 366 g/mol. The molecule has 7 nitrogen and oxygen atoms in total. The quantitative estimate of drug-likeness (QED) is 0.613. The molecule has 1 aromatic rings. The Morgan fingerprint density at radius 1 is 1.24 bits per heavy atom. The highest BCUT2D eigenvalue weighted by atomic mass is 32.2. The SMILES string of the molecule is Cc1cccc(C(=O)OCC(=O)N(C2CC2)[C@@H]2CCS(=O)(=O)C2)c1N. The molecule has 2 N–H and O–H groups in total. The molecular weight excluding hydrogens is 344 g/mol. The maximum absolute atomic E-state index is 12.5.